The topological polar surface area (TPSA) is 30.5 Å². The Morgan fingerprint density at radius 1 is 0.926 bits per heavy atom. The van der Waals surface area contributed by atoms with Gasteiger partial charge in [0.05, 0.1) is 7.11 Å². The van der Waals surface area contributed by atoms with Crippen molar-refractivity contribution in [2.75, 3.05) is 7.11 Å². The fourth-order valence-corrected chi connectivity index (χ4v) is 2.91. The number of ether oxygens (including phenoxy) is 2. The van der Waals surface area contributed by atoms with Crippen LogP contribution in [-0.2, 0) is 13.2 Å². The smallest absolute Gasteiger partial charge is 0.119 e. The maximum Gasteiger partial charge on any atom is 0.119 e. The van der Waals surface area contributed by atoms with E-state index in [1.54, 1.807) is 7.11 Å². The summed E-state index contributed by atoms with van der Waals surface area (Å²) in [6.45, 7) is 1.09. The molecule has 0 aliphatic carbocycles. The van der Waals surface area contributed by atoms with Crippen LogP contribution in [0.25, 0.3) is 0 Å². The van der Waals surface area contributed by atoms with Gasteiger partial charge >= 0.3 is 0 Å². The summed E-state index contributed by atoms with van der Waals surface area (Å²) in [5, 5.41) is 3.98. The Bertz CT molecular complexity index is 895. The van der Waals surface area contributed by atoms with Gasteiger partial charge in [-0.15, -0.1) is 0 Å². The van der Waals surface area contributed by atoms with E-state index in [9.17, 15) is 0 Å². The Labute approximate surface area is 169 Å². The van der Waals surface area contributed by atoms with Gasteiger partial charge in [-0.05, 0) is 48.0 Å². The number of hydrogen-bond acceptors (Lipinski definition) is 3. The second-order valence-electron chi connectivity index (χ2n) is 5.94. The molecule has 0 aliphatic heterocycles. The predicted molar refractivity (Wildman–Crippen MR) is 114 cm³/mol. The molecule has 0 atom stereocenters. The fourth-order valence-electron chi connectivity index (χ4n) is 2.51. The molecule has 1 N–H and O–H groups in total. The van der Waals surface area contributed by atoms with E-state index in [4.69, 9.17) is 33.3 Å². The largest absolute Gasteiger partial charge is 0.497 e. The second kappa shape index (κ2) is 9.40. The normalized spacial score (nSPS) is 10.3. The summed E-state index contributed by atoms with van der Waals surface area (Å²) < 4.78 is 11.0. The fraction of sp³-hybridized carbons (Fsp3) is 0.136. The highest BCUT2D eigenvalue weighted by Crippen LogP contribution is 2.19. The zero-order valence-corrected chi connectivity index (χ0v) is 16.5. The van der Waals surface area contributed by atoms with E-state index in [1.165, 1.54) is 0 Å². The number of benzene rings is 3. The molecule has 0 saturated heterocycles. The van der Waals surface area contributed by atoms with E-state index in [2.05, 4.69) is 5.32 Å². The second-order valence-corrected chi connectivity index (χ2v) is 6.75. The van der Waals surface area contributed by atoms with Crippen LogP contribution in [0.2, 0.25) is 5.02 Å². The highest BCUT2D eigenvalue weighted by molar-refractivity contribution is 7.80. The quantitative estimate of drug-likeness (QED) is 0.541. The maximum atomic E-state index is 6.15. The van der Waals surface area contributed by atoms with Crippen LogP contribution in [0.4, 0.5) is 0 Å². The summed E-state index contributed by atoms with van der Waals surface area (Å²) in [6.07, 6.45) is 0. The lowest BCUT2D eigenvalue weighted by Gasteiger charge is -2.11. The third-order valence-corrected chi connectivity index (χ3v) is 4.83. The molecular weight excluding hydrogens is 378 g/mol. The SMILES string of the molecule is COc1ccc(CNC(=S)c2ccc(OCc3ccccc3Cl)cc2)cc1. The number of nitrogens with one attached hydrogen (secondary N) is 1. The molecule has 0 amide bonds. The molecule has 27 heavy (non-hydrogen) atoms. The average Bonchev–Trinajstić information content (AvgIpc) is 2.72. The van der Waals surface area contributed by atoms with Crippen LogP contribution in [0.15, 0.2) is 72.8 Å². The van der Waals surface area contributed by atoms with Crippen LogP contribution in [0, 0.1) is 0 Å². The van der Waals surface area contributed by atoms with E-state index in [-0.39, 0.29) is 0 Å². The molecule has 3 rings (SSSR count). The van der Waals surface area contributed by atoms with Crippen LogP contribution >= 0.6 is 23.8 Å². The van der Waals surface area contributed by atoms with E-state index in [1.807, 2.05) is 72.8 Å². The Hall–Kier alpha value is -2.56. The van der Waals surface area contributed by atoms with Gasteiger partial charge in [0.2, 0.25) is 0 Å². The summed E-state index contributed by atoms with van der Waals surface area (Å²) in [6, 6.07) is 23.3. The van der Waals surface area contributed by atoms with Crippen LogP contribution in [0.5, 0.6) is 11.5 Å². The summed E-state index contributed by atoms with van der Waals surface area (Å²) in [5.41, 5.74) is 3.04. The molecule has 138 valence electrons. The van der Waals surface area contributed by atoms with Gasteiger partial charge in [-0.2, -0.15) is 0 Å². The lowest BCUT2D eigenvalue weighted by molar-refractivity contribution is 0.306. The predicted octanol–water partition coefficient (Wildman–Crippen LogP) is 5.39. The van der Waals surface area contributed by atoms with Crippen LogP contribution in [-0.4, -0.2) is 12.1 Å². The maximum absolute atomic E-state index is 6.15. The molecule has 0 spiro atoms. The van der Waals surface area contributed by atoms with Crippen molar-refractivity contribution in [1.82, 2.24) is 5.32 Å². The third-order valence-electron chi connectivity index (χ3n) is 4.08. The van der Waals surface area contributed by atoms with Crippen molar-refractivity contribution in [3.63, 3.8) is 0 Å². The molecule has 0 aromatic heterocycles. The van der Waals surface area contributed by atoms with Gasteiger partial charge in [0.15, 0.2) is 0 Å². The van der Waals surface area contributed by atoms with Crippen LogP contribution < -0.4 is 14.8 Å². The molecule has 0 fully saturated rings. The van der Waals surface area contributed by atoms with Crippen molar-refractivity contribution in [2.24, 2.45) is 0 Å². The Kier molecular flexibility index (Phi) is 6.69. The van der Waals surface area contributed by atoms with Gasteiger partial charge in [-0.1, -0.05) is 54.2 Å². The van der Waals surface area contributed by atoms with Gasteiger partial charge < -0.3 is 14.8 Å². The number of rotatable bonds is 7. The van der Waals surface area contributed by atoms with Gasteiger partial charge in [-0.3, -0.25) is 0 Å². The first-order chi connectivity index (χ1) is 13.2. The van der Waals surface area contributed by atoms with Gasteiger partial charge in [0.1, 0.15) is 23.1 Å². The molecule has 0 saturated carbocycles. The first-order valence-electron chi connectivity index (χ1n) is 8.53. The number of methoxy groups -OCH3 is 1. The molecule has 0 bridgehead atoms. The van der Waals surface area contributed by atoms with Crippen molar-refractivity contribution in [1.29, 1.82) is 0 Å². The minimum absolute atomic E-state index is 0.430. The minimum atomic E-state index is 0.430. The van der Waals surface area contributed by atoms with E-state index < -0.39 is 0 Å². The number of thiocarbonyl (C=S) groups is 1. The summed E-state index contributed by atoms with van der Waals surface area (Å²) in [5.74, 6) is 1.62. The Morgan fingerprint density at radius 2 is 1.59 bits per heavy atom. The summed E-state index contributed by atoms with van der Waals surface area (Å²) in [4.78, 5) is 0.698. The van der Waals surface area contributed by atoms with Crippen molar-refractivity contribution >= 4 is 28.8 Å². The van der Waals surface area contributed by atoms with Crippen molar-refractivity contribution in [3.8, 4) is 11.5 Å². The highest BCUT2D eigenvalue weighted by atomic mass is 35.5. The van der Waals surface area contributed by atoms with Gasteiger partial charge in [0.25, 0.3) is 0 Å². The number of hydrogen-bond donors (Lipinski definition) is 1. The molecule has 3 nitrogen and oxygen atoms in total. The molecular formula is C22H20ClNO2S. The summed E-state index contributed by atoms with van der Waals surface area (Å²) in [7, 11) is 1.66. The minimum Gasteiger partial charge on any atom is -0.497 e. The zero-order chi connectivity index (χ0) is 19.1. The molecule has 3 aromatic carbocycles. The van der Waals surface area contributed by atoms with Gasteiger partial charge in [-0.25, -0.2) is 0 Å². The monoisotopic (exact) mass is 397 g/mol. The summed E-state index contributed by atoms with van der Waals surface area (Å²) >= 11 is 11.6. The lowest BCUT2D eigenvalue weighted by Crippen LogP contribution is -2.21. The standard InChI is InChI=1S/C22H20ClNO2S/c1-25-19-10-6-16(7-11-19)14-24-22(27)17-8-12-20(13-9-17)26-15-18-4-2-3-5-21(18)23/h2-13H,14-15H2,1H3,(H,24,27). The average molecular weight is 398 g/mol. The first kappa shape index (κ1) is 19.2. The molecule has 0 unspecified atom stereocenters. The first-order valence-corrected chi connectivity index (χ1v) is 9.32. The van der Waals surface area contributed by atoms with Crippen molar-refractivity contribution < 1.29 is 9.47 Å². The lowest BCUT2D eigenvalue weighted by atomic mass is 10.2. The van der Waals surface area contributed by atoms with E-state index in [0.717, 1.165) is 28.2 Å². The van der Waals surface area contributed by atoms with E-state index >= 15 is 0 Å². The van der Waals surface area contributed by atoms with Crippen LogP contribution in [0.3, 0.4) is 0 Å². The molecule has 0 aliphatic rings. The van der Waals surface area contributed by atoms with Crippen molar-refractivity contribution in [2.45, 2.75) is 13.2 Å². The molecule has 3 aromatic rings. The van der Waals surface area contributed by atoms with Gasteiger partial charge in [0, 0.05) is 22.7 Å². The third kappa shape index (κ3) is 5.46. The Balaban J connectivity index is 1.52. The molecule has 0 radical (unpaired) electrons. The Morgan fingerprint density at radius 3 is 2.26 bits per heavy atom. The van der Waals surface area contributed by atoms with E-state index in [0.29, 0.717) is 23.2 Å². The number of halogens is 1. The zero-order valence-electron chi connectivity index (χ0n) is 14.9. The van der Waals surface area contributed by atoms with Crippen LogP contribution in [0.1, 0.15) is 16.7 Å². The van der Waals surface area contributed by atoms with Crippen molar-refractivity contribution in [3.05, 3.63) is 94.5 Å². The highest BCUT2D eigenvalue weighted by Gasteiger charge is 2.04. The molecule has 0 heterocycles. The molecule has 5 heteroatoms.